The van der Waals surface area contributed by atoms with Crippen LogP contribution in [0.15, 0.2) is 24.4 Å². The van der Waals surface area contributed by atoms with Gasteiger partial charge in [-0.25, -0.2) is 0 Å². The predicted octanol–water partition coefficient (Wildman–Crippen LogP) is 2.61. The lowest BCUT2D eigenvalue weighted by atomic mass is 10.1. The molecule has 1 aromatic heterocycles. The highest BCUT2D eigenvalue weighted by atomic mass is 32.2. The van der Waals surface area contributed by atoms with E-state index in [0.717, 1.165) is 31.0 Å². The van der Waals surface area contributed by atoms with Crippen LogP contribution >= 0.6 is 11.8 Å². The third-order valence-corrected chi connectivity index (χ3v) is 5.05. The van der Waals surface area contributed by atoms with Crippen LogP contribution in [-0.4, -0.2) is 39.9 Å². The van der Waals surface area contributed by atoms with Gasteiger partial charge in [-0.2, -0.15) is 11.8 Å². The Balaban J connectivity index is 1.83. The summed E-state index contributed by atoms with van der Waals surface area (Å²) in [5, 5.41) is 0.590. The molecule has 0 N–H and O–H groups in total. The first kappa shape index (κ1) is 14.4. The minimum absolute atomic E-state index is 0.275. The van der Waals surface area contributed by atoms with E-state index in [1.54, 1.807) is 6.20 Å². The molecule has 1 aromatic rings. The number of hydrogen-bond acceptors (Lipinski definition) is 3. The number of amides is 1. The molecule has 0 saturated carbocycles. The van der Waals surface area contributed by atoms with Gasteiger partial charge in [0, 0.05) is 42.4 Å². The van der Waals surface area contributed by atoms with Crippen molar-refractivity contribution in [1.29, 1.82) is 0 Å². The lowest BCUT2D eigenvalue weighted by molar-refractivity contribution is -0.131. The van der Waals surface area contributed by atoms with Crippen LogP contribution in [0, 0.1) is 5.92 Å². The van der Waals surface area contributed by atoms with E-state index in [0.29, 0.717) is 17.6 Å². The Labute approximate surface area is 119 Å². The van der Waals surface area contributed by atoms with Crippen LogP contribution < -0.4 is 0 Å². The molecular formula is C15H22N2OS. The Kier molecular flexibility index (Phi) is 5.25. The second kappa shape index (κ2) is 6.94. The summed E-state index contributed by atoms with van der Waals surface area (Å²) in [5.74, 6) is 1.98. The molecule has 0 unspecified atom stereocenters. The summed E-state index contributed by atoms with van der Waals surface area (Å²) in [6.07, 6.45) is 3.11. The number of hydrogen-bond donors (Lipinski definition) is 0. The summed E-state index contributed by atoms with van der Waals surface area (Å²) in [6, 6.07) is 5.86. The van der Waals surface area contributed by atoms with Crippen molar-refractivity contribution < 1.29 is 4.79 Å². The summed E-state index contributed by atoms with van der Waals surface area (Å²) in [7, 11) is 0. The minimum atomic E-state index is 0.275. The summed E-state index contributed by atoms with van der Waals surface area (Å²) in [4.78, 5) is 18.5. The molecule has 19 heavy (non-hydrogen) atoms. The van der Waals surface area contributed by atoms with E-state index in [9.17, 15) is 4.79 Å². The van der Waals surface area contributed by atoms with Crippen molar-refractivity contribution in [3.05, 3.63) is 30.1 Å². The van der Waals surface area contributed by atoms with Crippen molar-refractivity contribution in [2.45, 2.75) is 31.9 Å². The van der Waals surface area contributed by atoms with Crippen LogP contribution in [0.25, 0.3) is 0 Å². The second-order valence-corrected chi connectivity index (χ2v) is 6.66. The normalized spacial score (nSPS) is 19.7. The highest BCUT2D eigenvalue weighted by Crippen LogP contribution is 2.25. The van der Waals surface area contributed by atoms with Crippen molar-refractivity contribution in [2.75, 3.05) is 18.8 Å². The highest BCUT2D eigenvalue weighted by Gasteiger charge is 2.25. The number of thioether (sulfide) groups is 1. The number of aromatic nitrogens is 1. The molecule has 4 heteroatoms. The molecule has 1 amide bonds. The summed E-state index contributed by atoms with van der Waals surface area (Å²) in [6.45, 7) is 6.28. The molecule has 0 bridgehead atoms. The molecule has 0 aromatic carbocycles. The van der Waals surface area contributed by atoms with Gasteiger partial charge in [-0.05, 0) is 24.5 Å². The van der Waals surface area contributed by atoms with E-state index in [-0.39, 0.29) is 5.91 Å². The van der Waals surface area contributed by atoms with E-state index < -0.39 is 0 Å². The fourth-order valence-corrected chi connectivity index (χ4v) is 3.54. The van der Waals surface area contributed by atoms with Gasteiger partial charge in [0.25, 0.3) is 0 Å². The molecule has 0 aliphatic carbocycles. The van der Waals surface area contributed by atoms with Gasteiger partial charge in [0.2, 0.25) is 5.91 Å². The average molecular weight is 278 g/mol. The van der Waals surface area contributed by atoms with Gasteiger partial charge in [0.05, 0.1) is 0 Å². The quantitative estimate of drug-likeness (QED) is 0.849. The molecule has 104 valence electrons. The van der Waals surface area contributed by atoms with Crippen LogP contribution in [0.1, 0.15) is 26.0 Å². The maximum Gasteiger partial charge on any atom is 0.223 e. The van der Waals surface area contributed by atoms with E-state index in [2.05, 4.69) is 18.8 Å². The van der Waals surface area contributed by atoms with E-state index >= 15 is 0 Å². The standard InChI is InChI=1S/C15H22N2OS/c1-12(2)14-11-17(9-10-19-14)15(18)7-6-13-5-3-4-8-16-13/h3-5,8,12,14H,6-7,9-11H2,1-2H3/t14-/m0/s1. The average Bonchev–Trinajstić information content (AvgIpc) is 2.46. The van der Waals surface area contributed by atoms with Crippen molar-refractivity contribution in [3.63, 3.8) is 0 Å². The third-order valence-electron chi connectivity index (χ3n) is 3.51. The number of pyridine rings is 1. The number of rotatable bonds is 4. The molecule has 1 aliphatic rings. The fourth-order valence-electron chi connectivity index (χ4n) is 2.24. The summed E-state index contributed by atoms with van der Waals surface area (Å²) >= 11 is 2.00. The minimum Gasteiger partial charge on any atom is -0.341 e. The SMILES string of the molecule is CC(C)[C@@H]1CN(C(=O)CCc2ccccn2)CCS1. The number of carbonyl (C=O) groups is 1. The van der Waals surface area contributed by atoms with Crippen molar-refractivity contribution in [2.24, 2.45) is 5.92 Å². The molecule has 1 atom stereocenters. The smallest absolute Gasteiger partial charge is 0.223 e. The maximum absolute atomic E-state index is 12.2. The molecule has 1 saturated heterocycles. The predicted molar refractivity (Wildman–Crippen MR) is 80.2 cm³/mol. The molecule has 0 spiro atoms. The Bertz CT molecular complexity index is 408. The molecular weight excluding hydrogens is 256 g/mol. The lowest BCUT2D eigenvalue weighted by Gasteiger charge is -2.34. The summed E-state index contributed by atoms with van der Waals surface area (Å²) in [5.41, 5.74) is 1.00. The van der Waals surface area contributed by atoms with Gasteiger partial charge < -0.3 is 4.90 Å². The lowest BCUT2D eigenvalue weighted by Crippen LogP contribution is -2.43. The van der Waals surface area contributed by atoms with E-state index in [1.165, 1.54) is 0 Å². The highest BCUT2D eigenvalue weighted by molar-refractivity contribution is 8.00. The molecule has 2 heterocycles. The Morgan fingerprint density at radius 1 is 1.53 bits per heavy atom. The maximum atomic E-state index is 12.2. The Morgan fingerprint density at radius 3 is 3.05 bits per heavy atom. The Morgan fingerprint density at radius 2 is 2.37 bits per heavy atom. The number of carbonyl (C=O) groups excluding carboxylic acids is 1. The van der Waals surface area contributed by atoms with Crippen LogP contribution in [0.2, 0.25) is 0 Å². The second-order valence-electron chi connectivity index (χ2n) is 5.31. The van der Waals surface area contributed by atoms with Crippen molar-refractivity contribution in [1.82, 2.24) is 9.88 Å². The van der Waals surface area contributed by atoms with Gasteiger partial charge in [-0.1, -0.05) is 19.9 Å². The van der Waals surface area contributed by atoms with Crippen LogP contribution in [0.3, 0.4) is 0 Å². The van der Waals surface area contributed by atoms with E-state index in [1.807, 2.05) is 34.9 Å². The van der Waals surface area contributed by atoms with Crippen LogP contribution in [0.4, 0.5) is 0 Å². The van der Waals surface area contributed by atoms with Gasteiger partial charge in [0.1, 0.15) is 0 Å². The van der Waals surface area contributed by atoms with Gasteiger partial charge in [0.15, 0.2) is 0 Å². The third kappa shape index (κ3) is 4.23. The molecule has 1 fully saturated rings. The van der Waals surface area contributed by atoms with Gasteiger partial charge in [-0.3, -0.25) is 9.78 Å². The largest absolute Gasteiger partial charge is 0.341 e. The van der Waals surface area contributed by atoms with E-state index in [4.69, 9.17) is 0 Å². The van der Waals surface area contributed by atoms with Crippen molar-refractivity contribution in [3.8, 4) is 0 Å². The van der Waals surface area contributed by atoms with Crippen LogP contribution in [0.5, 0.6) is 0 Å². The topological polar surface area (TPSA) is 33.2 Å². The zero-order valence-corrected chi connectivity index (χ0v) is 12.5. The fraction of sp³-hybridized carbons (Fsp3) is 0.600. The molecule has 3 nitrogen and oxygen atoms in total. The Hall–Kier alpha value is -1.03. The van der Waals surface area contributed by atoms with Crippen molar-refractivity contribution >= 4 is 17.7 Å². The molecule has 1 aliphatic heterocycles. The molecule has 2 rings (SSSR count). The number of aryl methyl sites for hydroxylation is 1. The zero-order valence-electron chi connectivity index (χ0n) is 11.7. The summed E-state index contributed by atoms with van der Waals surface area (Å²) < 4.78 is 0. The first-order chi connectivity index (χ1) is 9.16. The first-order valence-electron chi connectivity index (χ1n) is 6.96. The van der Waals surface area contributed by atoms with Gasteiger partial charge >= 0.3 is 0 Å². The monoisotopic (exact) mass is 278 g/mol. The van der Waals surface area contributed by atoms with Gasteiger partial charge in [-0.15, -0.1) is 0 Å². The zero-order chi connectivity index (χ0) is 13.7. The molecule has 0 radical (unpaired) electrons. The van der Waals surface area contributed by atoms with Crippen LogP contribution in [-0.2, 0) is 11.2 Å². The first-order valence-corrected chi connectivity index (χ1v) is 8.01. The number of nitrogens with zero attached hydrogens (tertiary/aromatic N) is 2.